The molecule has 2 heterocycles. The summed E-state index contributed by atoms with van der Waals surface area (Å²) in [4.78, 5) is 22.5. The Bertz CT molecular complexity index is 1170. The van der Waals surface area contributed by atoms with Crippen LogP contribution in [0, 0.1) is 0 Å². The van der Waals surface area contributed by atoms with Crippen LogP contribution in [-0.2, 0) is 17.7 Å². The van der Waals surface area contributed by atoms with Crippen LogP contribution < -0.4 is 11.1 Å². The van der Waals surface area contributed by atoms with Crippen LogP contribution in [0.5, 0.6) is 0 Å². The van der Waals surface area contributed by atoms with Crippen LogP contribution in [0.2, 0.25) is 0 Å². The van der Waals surface area contributed by atoms with Crippen LogP contribution in [0.15, 0.2) is 54.6 Å². The first-order valence-electron chi connectivity index (χ1n) is 10.0. The molecule has 4 aromatic rings. The number of benzene rings is 2. The van der Waals surface area contributed by atoms with Crippen LogP contribution >= 0.6 is 0 Å². The molecule has 4 rings (SSSR count). The molecule has 0 bridgehead atoms. The van der Waals surface area contributed by atoms with E-state index < -0.39 is 0 Å². The number of nitrogens with zero attached hydrogens (tertiary/aromatic N) is 3. The number of fused-ring (bicyclic) bond motifs is 2. The lowest BCUT2D eigenvalue weighted by atomic mass is 10.1. The maximum Gasteiger partial charge on any atom is 0.257 e. The van der Waals surface area contributed by atoms with Crippen molar-refractivity contribution in [2.75, 3.05) is 26.0 Å². The molecule has 0 radical (unpaired) electrons. The van der Waals surface area contributed by atoms with Crippen molar-refractivity contribution in [1.82, 2.24) is 19.9 Å². The first kappa shape index (κ1) is 19.8. The highest BCUT2D eigenvalue weighted by molar-refractivity contribution is 6.10. The van der Waals surface area contributed by atoms with Gasteiger partial charge in [-0.1, -0.05) is 42.5 Å². The van der Waals surface area contributed by atoms with Gasteiger partial charge in [0.05, 0.1) is 11.0 Å². The Morgan fingerprint density at radius 2 is 1.77 bits per heavy atom. The number of nitrogens with one attached hydrogen (secondary N) is 1. The normalized spacial score (nSPS) is 11.2. The molecule has 0 aliphatic carbocycles. The Balaban J connectivity index is 1.67. The second kappa shape index (κ2) is 8.92. The fraction of sp³-hybridized carbons (Fsp3) is 0.261. The number of aryl methyl sites for hydroxylation is 1. The van der Waals surface area contributed by atoms with Gasteiger partial charge in [0, 0.05) is 26.8 Å². The molecule has 0 fully saturated rings. The molecule has 0 aliphatic heterocycles. The summed E-state index contributed by atoms with van der Waals surface area (Å²) in [5, 5.41) is 2.98. The monoisotopic (exact) mass is 403 g/mol. The molecule has 1 amide bonds. The quantitative estimate of drug-likeness (QED) is 0.441. The summed E-state index contributed by atoms with van der Waals surface area (Å²) in [5.74, 6) is 0.150. The van der Waals surface area contributed by atoms with E-state index in [9.17, 15) is 4.79 Å². The molecular formula is C23H25N5O2. The van der Waals surface area contributed by atoms with Crippen LogP contribution in [0.3, 0.4) is 0 Å². The molecule has 0 saturated carbocycles. The van der Waals surface area contributed by atoms with Crippen molar-refractivity contribution < 1.29 is 9.53 Å². The fourth-order valence-corrected chi connectivity index (χ4v) is 3.59. The van der Waals surface area contributed by atoms with E-state index in [0.717, 1.165) is 23.9 Å². The number of carbonyl (C=O) groups is 1. The van der Waals surface area contributed by atoms with Crippen molar-refractivity contribution in [2.24, 2.45) is 0 Å². The van der Waals surface area contributed by atoms with E-state index in [-0.39, 0.29) is 5.91 Å². The average Bonchev–Trinajstić information content (AvgIpc) is 3.03. The predicted molar refractivity (Wildman–Crippen MR) is 118 cm³/mol. The molecule has 0 aliphatic rings. The lowest BCUT2D eigenvalue weighted by Crippen LogP contribution is -2.26. The SMILES string of the molecule is COCCCn1c(N)c(C(=O)NCCc2ccccc2)c2nc3ccccc3nc21. The van der Waals surface area contributed by atoms with Gasteiger partial charge in [0.2, 0.25) is 0 Å². The number of nitrogens with two attached hydrogens (primary N) is 1. The van der Waals surface area contributed by atoms with E-state index in [1.165, 1.54) is 5.56 Å². The van der Waals surface area contributed by atoms with Gasteiger partial charge in [-0.25, -0.2) is 9.97 Å². The number of ether oxygens (including phenoxy) is 1. The van der Waals surface area contributed by atoms with Crippen LogP contribution in [0.25, 0.3) is 22.2 Å². The van der Waals surface area contributed by atoms with Crippen LogP contribution in [0.4, 0.5) is 5.82 Å². The topological polar surface area (TPSA) is 95.1 Å². The fourth-order valence-electron chi connectivity index (χ4n) is 3.59. The molecule has 7 nitrogen and oxygen atoms in total. The maximum absolute atomic E-state index is 13.1. The van der Waals surface area contributed by atoms with Gasteiger partial charge in [-0.05, 0) is 30.5 Å². The molecule has 154 valence electrons. The van der Waals surface area contributed by atoms with Gasteiger partial charge in [-0.2, -0.15) is 0 Å². The Hall–Kier alpha value is -3.45. The van der Waals surface area contributed by atoms with Gasteiger partial charge in [0.25, 0.3) is 5.91 Å². The number of para-hydroxylation sites is 2. The van der Waals surface area contributed by atoms with Gasteiger partial charge in [0.15, 0.2) is 5.65 Å². The zero-order valence-electron chi connectivity index (χ0n) is 17.0. The van der Waals surface area contributed by atoms with E-state index in [1.807, 2.05) is 59.2 Å². The Kier molecular flexibility index (Phi) is 5.90. The third kappa shape index (κ3) is 3.97. The third-order valence-electron chi connectivity index (χ3n) is 5.09. The summed E-state index contributed by atoms with van der Waals surface area (Å²) < 4.78 is 7.03. The molecule has 3 N–H and O–H groups in total. The van der Waals surface area contributed by atoms with E-state index in [0.29, 0.717) is 42.2 Å². The molecule has 7 heteroatoms. The van der Waals surface area contributed by atoms with Crippen LogP contribution in [-0.4, -0.2) is 40.7 Å². The van der Waals surface area contributed by atoms with Crippen molar-refractivity contribution in [1.29, 1.82) is 0 Å². The number of hydrogen-bond acceptors (Lipinski definition) is 5. The average molecular weight is 403 g/mol. The minimum absolute atomic E-state index is 0.233. The summed E-state index contributed by atoms with van der Waals surface area (Å²) in [7, 11) is 1.66. The van der Waals surface area contributed by atoms with Gasteiger partial charge in [0.1, 0.15) is 16.9 Å². The van der Waals surface area contributed by atoms with E-state index >= 15 is 0 Å². The zero-order valence-corrected chi connectivity index (χ0v) is 17.0. The van der Waals surface area contributed by atoms with Crippen molar-refractivity contribution >= 4 is 33.9 Å². The first-order valence-corrected chi connectivity index (χ1v) is 10.0. The molecule has 0 saturated heterocycles. The van der Waals surface area contributed by atoms with Crippen molar-refractivity contribution in [3.63, 3.8) is 0 Å². The third-order valence-corrected chi connectivity index (χ3v) is 5.09. The minimum Gasteiger partial charge on any atom is -0.385 e. The summed E-state index contributed by atoms with van der Waals surface area (Å²) >= 11 is 0. The number of nitrogen functional groups attached to an aromatic ring is 1. The second-order valence-corrected chi connectivity index (χ2v) is 7.13. The Morgan fingerprint density at radius 1 is 1.07 bits per heavy atom. The zero-order chi connectivity index (χ0) is 20.9. The van der Waals surface area contributed by atoms with Crippen molar-refractivity contribution in [3.05, 3.63) is 65.7 Å². The number of hydrogen-bond donors (Lipinski definition) is 2. The summed E-state index contributed by atoms with van der Waals surface area (Å²) in [6.45, 7) is 1.71. The minimum atomic E-state index is -0.233. The van der Waals surface area contributed by atoms with E-state index in [1.54, 1.807) is 7.11 Å². The van der Waals surface area contributed by atoms with Crippen molar-refractivity contribution in [3.8, 4) is 0 Å². The van der Waals surface area contributed by atoms with Crippen LogP contribution in [0.1, 0.15) is 22.3 Å². The number of anilines is 1. The van der Waals surface area contributed by atoms with Gasteiger partial charge >= 0.3 is 0 Å². The largest absolute Gasteiger partial charge is 0.385 e. The summed E-state index contributed by atoms with van der Waals surface area (Å²) in [6, 6.07) is 17.7. The summed E-state index contributed by atoms with van der Waals surface area (Å²) in [6.07, 6.45) is 1.50. The molecule has 0 spiro atoms. The van der Waals surface area contributed by atoms with Gasteiger partial charge in [-0.15, -0.1) is 0 Å². The van der Waals surface area contributed by atoms with Gasteiger partial charge < -0.3 is 20.4 Å². The molecule has 2 aromatic heterocycles. The predicted octanol–water partition coefficient (Wildman–Crippen LogP) is 3.18. The van der Waals surface area contributed by atoms with Crippen molar-refractivity contribution in [2.45, 2.75) is 19.4 Å². The molecular weight excluding hydrogens is 378 g/mol. The summed E-state index contributed by atoms with van der Waals surface area (Å²) in [5.41, 5.74) is 10.6. The Morgan fingerprint density at radius 3 is 2.50 bits per heavy atom. The highest BCUT2D eigenvalue weighted by atomic mass is 16.5. The molecule has 30 heavy (non-hydrogen) atoms. The standard InChI is InChI=1S/C23H25N5O2/c1-30-15-7-14-28-21(24)19(23(29)25-13-12-16-8-3-2-4-9-16)20-22(28)27-18-11-6-5-10-17(18)26-20/h2-6,8-11H,7,12-15,24H2,1H3,(H,25,29). The number of carbonyl (C=O) groups excluding carboxylic acids is 1. The first-order chi connectivity index (χ1) is 14.7. The number of methoxy groups -OCH3 is 1. The second-order valence-electron chi connectivity index (χ2n) is 7.13. The lowest BCUT2D eigenvalue weighted by molar-refractivity contribution is 0.0956. The molecule has 2 aromatic carbocycles. The molecule has 0 atom stereocenters. The highest BCUT2D eigenvalue weighted by Gasteiger charge is 2.23. The maximum atomic E-state index is 13.1. The Labute approximate surface area is 174 Å². The molecule has 0 unspecified atom stereocenters. The smallest absolute Gasteiger partial charge is 0.257 e. The van der Waals surface area contributed by atoms with E-state index in [4.69, 9.17) is 20.4 Å². The number of amides is 1. The number of rotatable bonds is 8. The number of aromatic nitrogens is 3. The lowest BCUT2D eigenvalue weighted by Gasteiger charge is -2.08. The highest BCUT2D eigenvalue weighted by Crippen LogP contribution is 2.28. The van der Waals surface area contributed by atoms with Gasteiger partial charge in [-0.3, -0.25) is 4.79 Å². The van der Waals surface area contributed by atoms with E-state index in [2.05, 4.69) is 5.32 Å².